The molecular weight excluding hydrogens is 955 g/mol. The minimum Gasteiger partial charge on any atom is -0.454 e. The maximum absolute atomic E-state index is 13.4. The Morgan fingerprint density at radius 1 is 0.539 bits per heavy atom. The van der Waals surface area contributed by atoms with Crippen molar-refractivity contribution in [3.8, 4) is 0 Å². The Morgan fingerprint density at radius 2 is 1.00 bits per heavy atom. The number of allylic oxidation sites excluding steroid dienone is 15. The number of unbranched alkanes of at least 4 members (excludes halogenated alkanes) is 24. The molecule has 1 amide bonds. The summed E-state index contributed by atoms with van der Waals surface area (Å²) < 4.78 is 17.6. The number of esters is 1. The van der Waals surface area contributed by atoms with Crippen molar-refractivity contribution in [2.45, 2.75) is 288 Å². The molecule has 1 aliphatic rings. The van der Waals surface area contributed by atoms with E-state index < -0.39 is 67.4 Å². The van der Waals surface area contributed by atoms with Crippen LogP contribution in [-0.2, 0) is 23.8 Å². The van der Waals surface area contributed by atoms with Gasteiger partial charge >= 0.3 is 5.97 Å². The molecule has 8 unspecified atom stereocenters. The molecule has 11 heteroatoms. The van der Waals surface area contributed by atoms with Gasteiger partial charge in [-0.05, 0) is 89.9 Å². The van der Waals surface area contributed by atoms with E-state index in [0.717, 1.165) is 122 Å². The lowest BCUT2D eigenvalue weighted by atomic mass is 9.99. The summed E-state index contributed by atoms with van der Waals surface area (Å²) in [5.41, 5.74) is 0. The lowest BCUT2D eigenvalue weighted by Gasteiger charge is -2.41. The Labute approximate surface area is 463 Å². The van der Waals surface area contributed by atoms with E-state index in [-0.39, 0.29) is 19.4 Å². The van der Waals surface area contributed by atoms with Crippen LogP contribution < -0.4 is 5.32 Å². The van der Waals surface area contributed by atoms with Crippen molar-refractivity contribution in [3.05, 3.63) is 97.2 Å². The highest BCUT2D eigenvalue weighted by molar-refractivity contribution is 5.80. The number of ether oxygens (including phenoxy) is 3. The largest absolute Gasteiger partial charge is 0.454 e. The zero-order chi connectivity index (χ0) is 55.4. The molecule has 1 saturated heterocycles. The van der Waals surface area contributed by atoms with Gasteiger partial charge in [-0.15, -0.1) is 0 Å². The summed E-state index contributed by atoms with van der Waals surface area (Å²) in [6, 6.07) is -1.04. The second-order valence-electron chi connectivity index (χ2n) is 20.8. The Hall–Kier alpha value is -3.42. The fourth-order valence-electron chi connectivity index (χ4n) is 8.93. The second kappa shape index (κ2) is 52.3. The Morgan fingerprint density at radius 3 is 1.55 bits per heavy atom. The van der Waals surface area contributed by atoms with Gasteiger partial charge in [-0.2, -0.15) is 0 Å². The van der Waals surface area contributed by atoms with E-state index in [1.54, 1.807) is 6.08 Å². The molecule has 1 rings (SSSR count). The maximum Gasteiger partial charge on any atom is 0.306 e. The smallest absolute Gasteiger partial charge is 0.306 e. The number of amides is 1. The van der Waals surface area contributed by atoms with Crippen LogP contribution in [0.25, 0.3) is 0 Å². The molecular formula is C65H111NO10. The fraction of sp³-hybridized carbons (Fsp3) is 0.723. The third-order valence-corrected chi connectivity index (χ3v) is 13.8. The molecule has 0 spiro atoms. The first-order valence-electron chi connectivity index (χ1n) is 30.5. The van der Waals surface area contributed by atoms with Gasteiger partial charge in [0.25, 0.3) is 0 Å². The molecule has 8 atom stereocenters. The van der Waals surface area contributed by atoms with Crippen molar-refractivity contribution in [3.63, 3.8) is 0 Å². The molecule has 0 aromatic carbocycles. The predicted octanol–water partition coefficient (Wildman–Crippen LogP) is 14.3. The summed E-state index contributed by atoms with van der Waals surface area (Å²) in [6.07, 6.45) is 58.8. The third kappa shape index (κ3) is 39.9. The van der Waals surface area contributed by atoms with Crippen molar-refractivity contribution in [2.75, 3.05) is 13.2 Å². The first-order chi connectivity index (χ1) is 37.2. The summed E-state index contributed by atoms with van der Waals surface area (Å²) >= 11 is 0. The summed E-state index contributed by atoms with van der Waals surface area (Å²) in [5.74, 6) is -1.23. The highest BCUT2D eigenvalue weighted by atomic mass is 16.7. The topological polar surface area (TPSA) is 175 Å². The minimum absolute atomic E-state index is 0.104. The van der Waals surface area contributed by atoms with Crippen LogP contribution in [0.2, 0.25) is 0 Å². The fourth-order valence-corrected chi connectivity index (χ4v) is 8.93. The number of aliphatic hydroxyl groups excluding tert-OH is 5. The molecule has 6 N–H and O–H groups in total. The molecule has 0 aliphatic carbocycles. The van der Waals surface area contributed by atoms with Gasteiger partial charge in [0.15, 0.2) is 12.4 Å². The van der Waals surface area contributed by atoms with Gasteiger partial charge in [-0.3, -0.25) is 9.59 Å². The van der Waals surface area contributed by atoms with E-state index >= 15 is 0 Å². The maximum atomic E-state index is 13.4. The van der Waals surface area contributed by atoms with Crippen LogP contribution in [-0.4, -0.2) is 99.6 Å². The number of hydrogen-bond donors (Lipinski definition) is 6. The van der Waals surface area contributed by atoms with Crippen LogP contribution in [0.4, 0.5) is 0 Å². The first-order valence-corrected chi connectivity index (χ1v) is 30.5. The van der Waals surface area contributed by atoms with Crippen molar-refractivity contribution in [1.29, 1.82) is 0 Å². The SMILES string of the molecule is CC/C=C/C=C/C=C\CCCCCCC(O)C(=O)NC(COC1OC(CO)C(O)C(O)C1OC(=O)CCCCCCCCC/C=C\C/C=C\C/C=C\C/C=C\CCCCC)C(O)/C=C/CCCCCCCCCCCC. The summed E-state index contributed by atoms with van der Waals surface area (Å²) in [5, 5.41) is 56.8. The molecule has 0 aromatic rings. The van der Waals surface area contributed by atoms with Gasteiger partial charge in [0.05, 0.1) is 25.4 Å². The normalized spacial score (nSPS) is 19.8. The van der Waals surface area contributed by atoms with Crippen LogP contribution in [0.5, 0.6) is 0 Å². The number of carbonyl (C=O) groups excluding carboxylic acids is 2. The Balaban J connectivity index is 2.66. The minimum atomic E-state index is -1.63. The summed E-state index contributed by atoms with van der Waals surface area (Å²) in [7, 11) is 0. The molecule has 0 bridgehead atoms. The summed E-state index contributed by atoms with van der Waals surface area (Å²) in [4.78, 5) is 26.5. The molecule has 436 valence electrons. The number of rotatable bonds is 50. The molecule has 0 saturated carbocycles. The number of carbonyl (C=O) groups is 2. The van der Waals surface area contributed by atoms with Crippen molar-refractivity contribution in [1.82, 2.24) is 5.32 Å². The zero-order valence-electron chi connectivity index (χ0n) is 48.1. The molecule has 11 nitrogen and oxygen atoms in total. The van der Waals surface area contributed by atoms with E-state index in [9.17, 15) is 35.1 Å². The van der Waals surface area contributed by atoms with E-state index in [0.29, 0.717) is 12.8 Å². The average molecular weight is 1070 g/mol. The van der Waals surface area contributed by atoms with E-state index in [4.69, 9.17) is 14.2 Å². The van der Waals surface area contributed by atoms with Crippen LogP contribution in [0, 0.1) is 0 Å². The first kappa shape index (κ1) is 70.6. The van der Waals surface area contributed by atoms with Gasteiger partial charge in [-0.1, -0.05) is 240 Å². The number of aliphatic hydroxyl groups is 5. The molecule has 1 heterocycles. The molecule has 1 aliphatic heterocycles. The Kier molecular flexibility index (Phi) is 48.6. The standard InChI is InChI=1S/C65H111NO10/c1-4-7-10-13-16-19-22-25-26-27-28-29-30-31-32-33-34-35-38-41-44-47-50-53-60(70)76-63-62(72)61(71)59(54-67)75-65(63)74-55-56(57(68)51-48-45-42-39-36-23-20-17-14-11-8-5-2)66-64(73)58(69)52-49-46-43-40-37-24-21-18-15-12-9-6-3/h9,12,15-16,18-19,21,24-26,28-29,31-32,48,51,56-59,61-63,65,67-69,71-72H,4-8,10-11,13-14,17,20,22-23,27,30,33-47,49-50,52-55H2,1-3H3,(H,66,73)/b12-9+,18-15+,19-16-,24-21-,26-25-,29-28-,32-31-,51-48+. The molecule has 0 radical (unpaired) electrons. The Bertz CT molecular complexity index is 1600. The highest BCUT2D eigenvalue weighted by Crippen LogP contribution is 2.26. The van der Waals surface area contributed by atoms with Crippen molar-refractivity contribution in [2.24, 2.45) is 0 Å². The van der Waals surface area contributed by atoms with Crippen LogP contribution in [0.15, 0.2) is 97.2 Å². The van der Waals surface area contributed by atoms with E-state index in [1.165, 1.54) is 70.6 Å². The monoisotopic (exact) mass is 1070 g/mol. The van der Waals surface area contributed by atoms with E-state index in [2.05, 4.69) is 86.8 Å². The average Bonchev–Trinajstić information content (AvgIpc) is 3.42. The van der Waals surface area contributed by atoms with Gasteiger partial charge in [-0.25, -0.2) is 0 Å². The zero-order valence-corrected chi connectivity index (χ0v) is 48.1. The number of nitrogens with one attached hydrogen (secondary N) is 1. The van der Waals surface area contributed by atoms with Crippen molar-refractivity contribution < 1.29 is 49.3 Å². The van der Waals surface area contributed by atoms with Gasteiger partial charge in [0.2, 0.25) is 5.91 Å². The quantitative estimate of drug-likeness (QED) is 0.0149. The highest BCUT2D eigenvalue weighted by Gasteiger charge is 2.47. The van der Waals surface area contributed by atoms with E-state index in [1.807, 2.05) is 30.4 Å². The van der Waals surface area contributed by atoms with Crippen LogP contribution in [0.3, 0.4) is 0 Å². The lowest BCUT2D eigenvalue weighted by molar-refractivity contribution is -0.305. The second-order valence-corrected chi connectivity index (χ2v) is 20.8. The van der Waals surface area contributed by atoms with Crippen LogP contribution in [0.1, 0.15) is 239 Å². The third-order valence-electron chi connectivity index (χ3n) is 13.8. The van der Waals surface area contributed by atoms with Gasteiger partial charge in [0, 0.05) is 6.42 Å². The van der Waals surface area contributed by atoms with Gasteiger partial charge in [0.1, 0.15) is 24.4 Å². The van der Waals surface area contributed by atoms with Gasteiger partial charge < -0.3 is 45.1 Å². The molecule has 76 heavy (non-hydrogen) atoms. The van der Waals surface area contributed by atoms with Crippen molar-refractivity contribution >= 4 is 11.9 Å². The predicted molar refractivity (Wildman–Crippen MR) is 315 cm³/mol. The lowest BCUT2D eigenvalue weighted by Crippen LogP contribution is -2.61. The molecule has 1 fully saturated rings. The summed E-state index contributed by atoms with van der Waals surface area (Å²) in [6.45, 7) is 5.59. The number of hydrogen-bond acceptors (Lipinski definition) is 10. The van der Waals surface area contributed by atoms with Crippen LogP contribution >= 0.6 is 0 Å². The molecule has 0 aromatic heterocycles.